The third kappa shape index (κ3) is 5.58. The molecule has 7 nitrogen and oxygen atoms in total. The predicted molar refractivity (Wildman–Crippen MR) is 124 cm³/mol. The Morgan fingerprint density at radius 2 is 2.06 bits per heavy atom. The number of carbonyl (C=O) groups excluding carboxylic acids is 1. The summed E-state index contributed by atoms with van der Waals surface area (Å²) in [7, 11) is 0. The van der Waals surface area contributed by atoms with Gasteiger partial charge in [-0.2, -0.15) is 9.78 Å². The molecule has 0 aliphatic carbocycles. The topological polar surface area (TPSA) is 82.8 Å². The fraction of sp³-hybridized carbons (Fsp3) is 0.304. The van der Waals surface area contributed by atoms with Crippen LogP contribution in [0.3, 0.4) is 0 Å². The average molecular weight is 486 g/mol. The van der Waals surface area contributed by atoms with Crippen LogP contribution in [0.25, 0.3) is 10.9 Å². The molecule has 0 aliphatic heterocycles. The Hall–Kier alpha value is -3.00. The maximum absolute atomic E-state index is 13.2. The molecule has 0 radical (unpaired) electrons. The van der Waals surface area contributed by atoms with E-state index in [1.54, 1.807) is 37.4 Å². The summed E-state index contributed by atoms with van der Waals surface area (Å²) in [5.74, 6) is 0.734. The smallest absolute Gasteiger partial charge is 0.344 e. The van der Waals surface area contributed by atoms with Crippen molar-refractivity contribution in [3.63, 3.8) is 0 Å². The first-order chi connectivity index (χ1) is 14.9. The number of benzene rings is 2. The van der Waals surface area contributed by atoms with Gasteiger partial charge in [0.1, 0.15) is 11.6 Å². The normalized spacial score (nSPS) is 12.3. The van der Waals surface area contributed by atoms with Crippen molar-refractivity contribution < 1.29 is 14.3 Å². The van der Waals surface area contributed by atoms with E-state index >= 15 is 0 Å². The fourth-order valence-electron chi connectivity index (χ4n) is 2.93. The Bertz CT molecular complexity index is 1170. The van der Waals surface area contributed by atoms with Crippen molar-refractivity contribution in [1.82, 2.24) is 9.66 Å². The van der Waals surface area contributed by atoms with Gasteiger partial charge in [-0.3, -0.25) is 4.79 Å². The van der Waals surface area contributed by atoms with Gasteiger partial charge >= 0.3 is 5.97 Å². The second-order valence-electron chi connectivity index (χ2n) is 6.97. The van der Waals surface area contributed by atoms with Crippen molar-refractivity contribution >= 4 is 39.0 Å². The van der Waals surface area contributed by atoms with Crippen LogP contribution in [0, 0.1) is 0 Å². The minimum Gasteiger partial charge on any atom is -0.482 e. The lowest BCUT2D eigenvalue weighted by Crippen LogP contribution is -2.23. The minimum absolute atomic E-state index is 0.0529. The first-order valence-electron chi connectivity index (χ1n) is 10.1. The van der Waals surface area contributed by atoms with Crippen molar-refractivity contribution in [2.24, 2.45) is 5.10 Å². The van der Waals surface area contributed by atoms with Gasteiger partial charge in [0, 0.05) is 10.4 Å². The molecule has 2 aromatic carbocycles. The molecule has 1 heterocycles. The largest absolute Gasteiger partial charge is 0.482 e. The van der Waals surface area contributed by atoms with Crippen molar-refractivity contribution in [3.05, 3.63) is 68.7 Å². The molecule has 31 heavy (non-hydrogen) atoms. The average Bonchev–Trinajstić information content (AvgIpc) is 2.77. The molecule has 3 aromatic rings. The molecule has 0 unspecified atom stereocenters. The van der Waals surface area contributed by atoms with E-state index in [9.17, 15) is 9.59 Å². The molecule has 0 bridgehead atoms. The molecule has 1 aromatic heterocycles. The third-order valence-corrected chi connectivity index (χ3v) is 5.22. The molecule has 8 heteroatoms. The van der Waals surface area contributed by atoms with Gasteiger partial charge in [0.15, 0.2) is 6.61 Å². The second kappa shape index (κ2) is 10.3. The first kappa shape index (κ1) is 22.7. The highest BCUT2D eigenvalue weighted by molar-refractivity contribution is 9.10. The van der Waals surface area contributed by atoms with Crippen LogP contribution in [-0.2, 0) is 9.53 Å². The van der Waals surface area contributed by atoms with E-state index < -0.39 is 5.97 Å². The molecule has 0 spiro atoms. The third-order valence-electron chi connectivity index (χ3n) is 4.73. The highest BCUT2D eigenvalue weighted by atomic mass is 79.9. The zero-order chi connectivity index (χ0) is 22.4. The predicted octanol–water partition coefficient (Wildman–Crippen LogP) is 4.50. The zero-order valence-electron chi connectivity index (χ0n) is 17.7. The maximum Gasteiger partial charge on any atom is 0.344 e. The van der Waals surface area contributed by atoms with Gasteiger partial charge in [-0.25, -0.2) is 9.78 Å². The molecule has 0 saturated carbocycles. The monoisotopic (exact) mass is 485 g/mol. The Labute approximate surface area is 188 Å². The number of esters is 1. The van der Waals surface area contributed by atoms with E-state index in [0.717, 1.165) is 16.5 Å². The zero-order valence-corrected chi connectivity index (χ0v) is 19.3. The molecule has 0 saturated heterocycles. The van der Waals surface area contributed by atoms with Crippen molar-refractivity contribution in [1.29, 1.82) is 0 Å². The second-order valence-corrected chi connectivity index (χ2v) is 7.88. The first-order valence-corrected chi connectivity index (χ1v) is 10.9. The molecule has 0 N–H and O–H groups in total. The van der Waals surface area contributed by atoms with Crippen LogP contribution in [0.15, 0.2) is 56.8 Å². The van der Waals surface area contributed by atoms with E-state index in [1.807, 2.05) is 32.0 Å². The number of aromatic nitrogens is 2. The molecule has 0 amide bonds. The van der Waals surface area contributed by atoms with Crippen LogP contribution in [0.4, 0.5) is 0 Å². The van der Waals surface area contributed by atoms with Gasteiger partial charge in [0.2, 0.25) is 0 Å². The van der Waals surface area contributed by atoms with Crippen LogP contribution in [0.1, 0.15) is 44.5 Å². The molecule has 162 valence electrons. The Balaban J connectivity index is 1.95. The maximum atomic E-state index is 13.2. The number of nitrogens with zero attached hydrogens (tertiary/aromatic N) is 3. The highest BCUT2D eigenvalue weighted by Crippen LogP contribution is 2.21. The van der Waals surface area contributed by atoms with Gasteiger partial charge in [0.05, 0.1) is 23.7 Å². The van der Waals surface area contributed by atoms with E-state index in [1.165, 1.54) is 4.68 Å². The van der Waals surface area contributed by atoms with Crippen molar-refractivity contribution in [2.75, 3.05) is 13.2 Å². The van der Waals surface area contributed by atoms with Crippen LogP contribution in [0.2, 0.25) is 0 Å². The number of ether oxygens (including phenoxy) is 2. The summed E-state index contributed by atoms with van der Waals surface area (Å²) in [5, 5.41) is 4.94. The van der Waals surface area contributed by atoms with Gasteiger partial charge in [0.25, 0.3) is 5.56 Å². The van der Waals surface area contributed by atoms with Crippen LogP contribution in [-0.4, -0.2) is 35.1 Å². The Morgan fingerprint density at radius 1 is 1.26 bits per heavy atom. The van der Waals surface area contributed by atoms with E-state index in [-0.39, 0.29) is 18.1 Å². The van der Waals surface area contributed by atoms with E-state index in [0.29, 0.717) is 29.1 Å². The molecule has 3 rings (SSSR count). The summed E-state index contributed by atoms with van der Waals surface area (Å²) >= 11 is 3.41. The number of halogens is 1. The van der Waals surface area contributed by atoms with Gasteiger partial charge in [-0.1, -0.05) is 41.9 Å². The van der Waals surface area contributed by atoms with Crippen molar-refractivity contribution in [3.8, 4) is 5.75 Å². The lowest BCUT2D eigenvalue weighted by Gasteiger charge is -2.14. The van der Waals surface area contributed by atoms with Crippen molar-refractivity contribution in [2.45, 2.75) is 33.1 Å². The quantitative estimate of drug-likeness (QED) is 0.346. The summed E-state index contributed by atoms with van der Waals surface area (Å²) in [6.45, 7) is 5.93. The molecular weight excluding hydrogens is 462 g/mol. The van der Waals surface area contributed by atoms with Gasteiger partial charge in [-0.15, -0.1) is 0 Å². The summed E-state index contributed by atoms with van der Waals surface area (Å²) in [4.78, 5) is 29.3. The lowest BCUT2D eigenvalue weighted by molar-refractivity contribution is -0.145. The molecular formula is C23H24BrN3O4. The Morgan fingerprint density at radius 3 is 2.81 bits per heavy atom. The number of hydrogen-bond donors (Lipinski definition) is 0. The van der Waals surface area contributed by atoms with Crippen LogP contribution < -0.4 is 10.3 Å². The highest BCUT2D eigenvalue weighted by Gasteiger charge is 2.15. The number of fused-ring (bicyclic) bond motifs is 1. The fourth-order valence-corrected chi connectivity index (χ4v) is 3.29. The molecule has 0 fully saturated rings. The minimum atomic E-state index is -0.431. The number of hydrogen-bond acceptors (Lipinski definition) is 6. The lowest BCUT2D eigenvalue weighted by atomic mass is 10.1. The standard InChI is InChI=1S/C23H24BrN3O4/c1-4-15(3)22-26-20-10-9-17(24)12-19(20)23(29)27(22)25-13-16-7-6-8-18(11-16)31-14-21(28)30-5-2/h6-13,15H,4-5,14H2,1-3H3/t15-/m1/s1. The summed E-state index contributed by atoms with van der Waals surface area (Å²) in [6.07, 6.45) is 2.40. The number of carbonyl (C=O) groups is 1. The summed E-state index contributed by atoms with van der Waals surface area (Å²) < 4.78 is 12.5. The molecule has 0 aliphatic rings. The Kier molecular flexibility index (Phi) is 7.57. The summed E-state index contributed by atoms with van der Waals surface area (Å²) in [6, 6.07) is 12.5. The number of rotatable bonds is 8. The van der Waals surface area contributed by atoms with E-state index in [2.05, 4.69) is 21.0 Å². The van der Waals surface area contributed by atoms with Crippen LogP contribution in [0.5, 0.6) is 5.75 Å². The molecule has 1 atom stereocenters. The summed E-state index contributed by atoms with van der Waals surface area (Å²) in [5.41, 5.74) is 1.13. The van der Waals surface area contributed by atoms with Gasteiger partial charge in [-0.05, 0) is 49.2 Å². The van der Waals surface area contributed by atoms with E-state index in [4.69, 9.17) is 14.5 Å². The SMILES string of the molecule is CCOC(=O)COc1cccc(C=Nn2c([C@H](C)CC)nc3ccc(Br)cc3c2=O)c1. The van der Waals surface area contributed by atoms with Gasteiger partial charge < -0.3 is 9.47 Å². The van der Waals surface area contributed by atoms with Crippen LogP contribution >= 0.6 is 15.9 Å².